The highest BCUT2D eigenvalue weighted by Crippen LogP contribution is 2.24. The Labute approximate surface area is 181 Å². The predicted octanol–water partition coefficient (Wildman–Crippen LogP) is 4.22. The van der Waals surface area contributed by atoms with Crippen molar-refractivity contribution >= 4 is 27.9 Å². The van der Waals surface area contributed by atoms with Crippen LogP contribution in [0, 0.1) is 5.92 Å². The summed E-state index contributed by atoms with van der Waals surface area (Å²) in [6.45, 7) is 1.91. The second kappa shape index (κ2) is 10.9. The molecule has 7 heteroatoms. The number of rotatable bonds is 6. The number of nitrogens with zero attached hydrogens (tertiary/aromatic N) is 1. The van der Waals surface area contributed by atoms with E-state index in [4.69, 9.17) is 4.74 Å². The van der Waals surface area contributed by atoms with Gasteiger partial charge in [0, 0.05) is 42.1 Å². The number of benzene rings is 1. The average molecular weight is 466 g/mol. The monoisotopic (exact) mass is 465 g/mol. The number of urea groups is 1. The van der Waals surface area contributed by atoms with Crippen LogP contribution in [0.2, 0.25) is 0 Å². The molecule has 3 amide bonds. The van der Waals surface area contributed by atoms with Crippen LogP contribution in [0.15, 0.2) is 22.7 Å². The second-order valence-corrected chi connectivity index (χ2v) is 9.07. The maximum atomic E-state index is 12.5. The van der Waals surface area contributed by atoms with E-state index in [1.54, 1.807) is 7.11 Å². The third-order valence-corrected chi connectivity index (χ3v) is 6.52. The van der Waals surface area contributed by atoms with Gasteiger partial charge in [0.15, 0.2) is 0 Å². The van der Waals surface area contributed by atoms with Crippen molar-refractivity contribution in [3.63, 3.8) is 0 Å². The first-order valence-corrected chi connectivity index (χ1v) is 11.5. The first-order chi connectivity index (χ1) is 14.0. The third-order valence-electron chi connectivity index (χ3n) is 6.03. The highest BCUT2D eigenvalue weighted by Gasteiger charge is 2.26. The zero-order chi connectivity index (χ0) is 20.6. The van der Waals surface area contributed by atoms with Crippen LogP contribution in [0.4, 0.5) is 4.79 Å². The Kier molecular flexibility index (Phi) is 8.21. The first-order valence-electron chi connectivity index (χ1n) is 10.7. The fraction of sp³-hybridized carbons (Fsp3) is 0.636. The van der Waals surface area contributed by atoms with Gasteiger partial charge in [-0.1, -0.05) is 35.2 Å². The molecule has 2 fully saturated rings. The topological polar surface area (TPSA) is 70.7 Å². The summed E-state index contributed by atoms with van der Waals surface area (Å²) >= 11 is 3.45. The number of likely N-dealkylation sites (tertiary alicyclic amines) is 1. The normalized spacial score (nSPS) is 18.3. The van der Waals surface area contributed by atoms with Gasteiger partial charge in [0.05, 0.1) is 7.11 Å². The molecule has 0 bridgehead atoms. The van der Waals surface area contributed by atoms with Gasteiger partial charge in [-0.25, -0.2) is 4.79 Å². The number of nitrogens with one attached hydrogen (secondary N) is 2. The first kappa shape index (κ1) is 21.9. The lowest BCUT2D eigenvalue weighted by Crippen LogP contribution is -2.48. The van der Waals surface area contributed by atoms with Crippen molar-refractivity contribution in [2.24, 2.45) is 5.92 Å². The quantitative estimate of drug-likeness (QED) is 0.660. The van der Waals surface area contributed by atoms with Crippen molar-refractivity contribution in [3.05, 3.63) is 28.2 Å². The van der Waals surface area contributed by atoms with Crippen molar-refractivity contribution in [2.75, 3.05) is 20.2 Å². The summed E-state index contributed by atoms with van der Waals surface area (Å²) in [4.78, 5) is 26.8. The van der Waals surface area contributed by atoms with E-state index in [2.05, 4.69) is 26.6 Å². The fourth-order valence-electron chi connectivity index (χ4n) is 4.27. The maximum absolute atomic E-state index is 12.5. The van der Waals surface area contributed by atoms with Crippen LogP contribution in [0.5, 0.6) is 5.75 Å². The zero-order valence-electron chi connectivity index (χ0n) is 17.2. The fourth-order valence-corrected chi connectivity index (χ4v) is 4.67. The van der Waals surface area contributed by atoms with Crippen LogP contribution in [0.3, 0.4) is 0 Å². The van der Waals surface area contributed by atoms with Crippen LogP contribution in [-0.2, 0) is 11.3 Å². The number of hydrogen-bond donors (Lipinski definition) is 2. The summed E-state index contributed by atoms with van der Waals surface area (Å²) in [5.74, 6) is 1.15. The minimum Gasteiger partial charge on any atom is -0.496 e. The number of ether oxygens (including phenoxy) is 1. The van der Waals surface area contributed by atoms with Gasteiger partial charge in [-0.3, -0.25) is 4.79 Å². The molecule has 0 unspecified atom stereocenters. The molecule has 1 aliphatic carbocycles. The van der Waals surface area contributed by atoms with Crippen LogP contribution in [0.25, 0.3) is 0 Å². The molecule has 0 spiro atoms. The van der Waals surface area contributed by atoms with Crippen LogP contribution in [0.1, 0.15) is 56.9 Å². The number of methoxy groups -OCH3 is 1. The number of carbonyl (C=O) groups excluding carboxylic acids is 2. The van der Waals surface area contributed by atoms with Crippen LogP contribution >= 0.6 is 15.9 Å². The van der Waals surface area contributed by atoms with Gasteiger partial charge < -0.3 is 20.3 Å². The van der Waals surface area contributed by atoms with Crippen molar-refractivity contribution in [3.8, 4) is 5.75 Å². The third kappa shape index (κ3) is 6.63. The number of carbonyl (C=O) groups is 2. The standard InChI is InChI=1S/C22H32BrN3O3/c1-29-20-8-7-18(23)14-17(20)15-24-21(27)13-16-9-11-26(12-10-16)22(28)25-19-5-3-2-4-6-19/h7-8,14,16,19H,2-6,9-13,15H2,1H3,(H,24,27)(H,25,28). The highest BCUT2D eigenvalue weighted by atomic mass is 79.9. The maximum Gasteiger partial charge on any atom is 0.317 e. The molecule has 3 rings (SSSR count). The number of piperidine rings is 1. The van der Waals surface area contributed by atoms with Gasteiger partial charge >= 0.3 is 6.03 Å². The molecule has 2 aliphatic rings. The van der Waals surface area contributed by atoms with Gasteiger partial charge in [-0.2, -0.15) is 0 Å². The van der Waals surface area contributed by atoms with Crippen molar-refractivity contribution in [1.82, 2.24) is 15.5 Å². The zero-order valence-corrected chi connectivity index (χ0v) is 18.8. The number of hydrogen-bond acceptors (Lipinski definition) is 3. The molecular formula is C22H32BrN3O3. The summed E-state index contributed by atoms with van der Waals surface area (Å²) in [6.07, 6.45) is 8.19. The summed E-state index contributed by atoms with van der Waals surface area (Å²) in [5, 5.41) is 6.19. The number of amides is 3. The molecule has 1 aliphatic heterocycles. The van der Waals surface area contributed by atoms with Gasteiger partial charge in [0.25, 0.3) is 0 Å². The molecule has 160 valence electrons. The minimum absolute atomic E-state index is 0.0529. The van der Waals surface area contributed by atoms with E-state index in [0.717, 1.165) is 54.6 Å². The molecule has 1 aromatic carbocycles. The van der Waals surface area contributed by atoms with E-state index >= 15 is 0 Å². The van der Waals surface area contributed by atoms with Gasteiger partial charge in [0.2, 0.25) is 5.91 Å². The Bertz CT molecular complexity index is 699. The van der Waals surface area contributed by atoms with E-state index in [-0.39, 0.29) is 11.9 Å². The highest BCUT2D eigenvalue weighted by molar-refractivity contribution is 9.10. The Morgan fingerprint density at radius 2 is 1.86 bits per heavy atom. The van der Waals surface area contributed by atoms with Crippen molar-refractivity contribution < 1.29 is 14.3 Å². The van der Waals surface area contributed by atoms with E-state index in [1.807, 2.05) is 23.1 Å². The molecule has 0 aromatic heterocycles. The number of halogens is 1. The molecule has 1 saturated heterocycles. The second-order valence-electron chi connectivity index (χ2n) is 8.15. The smallest absolute Gasteiger partial charge is 0.317 e. The summed E-state index contributed by atoms with van der Waals surface area (Å²) in [5.41, 5.74) is 0.949. The molecule has 1 aromatic rings. The van der Waals surface area contributed by atoms with E-state index in [1.165, 1.54) is 19.3 Å². The largest absolute Gasteiger partial charge is 0.496 e. The van der Waals surface area contributed by atoms with E-state index in [9.17, 15) is 9.59 Å². The van der Waals surface area contributed by atoms with E-state index < -0.39 is 0 Å². The van der Waals surface area contributed by atoms with Gasteiger partial charge in [-0.05, 0) is 49.8 Å². The molecule has 6 nitrogen and oxygen atoms in total. The molecule has 1 heterocycles. The molecule has 2 N–H and O–H groups in total. The van der Waals surface area contributed by atoms with Crippen LogP contribution < -0.4 is 15.4 Å². The average Bonchev–Trinajstić information content (AvgIpc) is 2.73. The molecule has 29 heavy (non-hydrogen) atoms. The Balaban J connectivity index is 1.38. The Hall–Kier alpha value is -1.76. The Morgan fingerprint density at radius 3 is 2.55 bits per heavy atom. The minimum atomic E-state index is 0.0529. The van der Waals surface area contributed by atoms with Gasteiger partial charge in [-0.15, -0.1) is 0 Å². The van der Waals surface area contributed by atoms with Crippen LogP contribution in [-0.4, -0.2) is 43.1 Å². The summed E-state index contributed by atoms with van der Waals surface area (Å²) < 4.78 is 6.32. The van der Waals surface area contributed by atoms with Gasteiger partial charge in [0.1, 0.15) is 5.75 Å². The molecule has 1 saturated carbocycles. The van der Waals surface area contributed by atoms with Crippen molar-refractivity contribution in [2.45, 2.75) is 64.0 Å². The lowest BCUT2D eigenvalue weighted by molar-refractivity contribution is -0.122. The van der Waals surface area contributed by atoms with Crippen molar-refractivity contribution in [1.29, 1.82) is 0 Å². The molecule has 0 atom stereocenters. The lowest BCUT2D eigenvalue weighted by atomic mass is 9.93. The summed E-state index contributed by atoms with van der Waals surface area (Å²) in [6, 6.07) is 6.18. The summed E-state index contributed by atoms with van der Waals surface area (Å²) in [7, 11) is 1.63. The molecule has 0 radical (unpaired) electrons. The lowest BCUT2D eigenvalue weighted by Gasteiger charge is -2.33. The Morgan fingerprint density at radius 1 is 1.14 bits per heavy atom. The van der Waals surface area contributed by atoms with E-state index in [0.29, 0.717) is 24.9 Å². The predicted molar refractivity (Wildman–Crippen MR) is 117 cm³/mol. The SMILES string of the molecule is COc1ccc(Br)cc1CNC(=O)CC1CCN(C(=O)NC2CCCCC2)CC1. The molecular weight excluding hydrogens is 434 g/mol.